The third-order valence-corrected chi connectivity index (χ3v) is 19.3. The molecule has 0 aromatic rings. The van der Waals surface area contributed by atoms with Crippen LogP contribution in [0.3, 0.4) is 0 Å². The zero-order valence-electron chi connectivity index (χ0n) is 62.1. The first-order chi connectivity index (χ1) is 46.7. The Morgan fingerprint density at radius 2 is 0.705 bits per heavy atom. The number of hydrogen-bond donors (Lipinski definition) is 6. The molecule has 7 unspecified atom stereocenters. The molecule has 0 saturated carbocycles. The molecule has 1 rings (SSSR count). The Morgan fingerprint density at radius 3 is 1.07 bits per heavy atom. The Balaban J connectivity index is 1.86. The summed E-state index contributed by atoms with van der Waals surface area (Å²) < 4.78 is 16.8. The molecule has 556 valence electrons. The Morgan fingerprint density at radius 1 is 0.389 bits per heavy atom. The van der Waals surface area contributed by atoms with Gasteiger partial charge < -0.3 is 45.1 Å². The zero-order valence-corrected chi connectivity index (χ0v) is 62.1. The van der Waals surface area contributed by atoms with Gasteiger partial charge in [0.25, 0.3) is 0 Å². The minimum absolute atomic E-state index is 0.00745. The van der Waals surface area contributed by atoms with Crippen LogP contribution < -0.4 is 5.32 Å². The quantitative estimate of drug-likeness (QED) is 0.0195. The molecule has 0 aliphatic carbocycles. The second-order valence-electron chi connectivity index (χ2n) is 28.5. The number of carbonyl (C=O) groups is 2. The first-order valence-corrected chi connectivity index (χ1v) is 41.1. The van der Waals surface area contributed by atoms with Crippen molar-refractivity contribution in [2.45, 2.75) is 442 Å². The van der Waals surface area contributed by atoms with Gasteiger partial charge in [0.05, 0.1) is 32.0 Å². The van der Waals surface area contributed by atoms with Gasteiger partial charge in [0.1, 0.15) is 24.4 Å². The van der Waals surface area contributed by atoms with Gasteiger partial charge in [0.2, 0.25) is 5.91 Å². The van der Waals surface area contributed by atoms with Gasteiger partial charge in [-0.15, -0.1) is 0 Å². The van der Waals surface area contributed by atoms with Crippen LogP contribution in [-0.4, -0.2) is 100 Å². The van der Waals surface area contributed by atoms with E-state index in [0.717, 1.165) is 70.6 Å². The van der Waals surface area contributed by atoms with Gasteiger partial charge in [-0.2, -0.15) is 0 Å². The summed E-state index contributed by atoms with van der Waals surface area (Å²) in [5.74, 6) is -0.171. The summed E-state index contributed by atoms with van der Waals surface area (Å²) in [5.41, 5.74) is 0. The molecule has 0 aromatic carbocycles. The Kier molecular flexibility index (Phi) is 69.1. The Labute approximate surface area is 586 Å². The number of hydrogen-bond acceptors (Lipinski definition) is 10. The Hall–Kier alpha value is -2.64. The van der Waals surface area contributed by atoms with Crippen molar-refractivity contribution in [3.8, 4) is 0 Å². The van der Waals surface area contributed by atoms with Crippen molar-refractivity contribution < 1.29 is 49.3 Å². The van der Waals surface area contributed by atoms with Crippen LogP contribution in [0, 0.1) is 0 Å². The molecule has 1 aliphatic heterocycles. The summed E-state index contributed by atoms with van der Waals surface area (Å²) in [6.07, 6.45) is 88.4. The molecular weight excluding hydrogens is 1180 g/mol. The molecule has 0 aromatic heterocycles. The highest BCUT2D eigenvalue weighted by atomic mass is 16.7. The van der Waals surface area contributed by atoms with Gasteiger partial charge in [-0.1, -0.05) is 351 Å². The number of aliphatic hydroxyl groups excluding tert-OH is 5. The summed E-state index contributed by atoms with van der Waals surface area (Å²) in [6, 6.07) is -0.807. The average Bonchev–Trinajstić information content (AvgIpc) is 0.836. The predicted molar refractivity (Wildman–Crippen MR) is 403 cm³/mol. The molecule has 0 bridgehead atoms. The molecule has 11 heteroatoms. The lowest BCUT2D eigenvalue weighted by Crippen LogP contribution is -2.60. The van der Waals surface area contributed by atoms with Crippen LogP contribution in [-0.2, 0) is 23.8 Å². The molecule has 0 spiro atoms. The molecule has 1 heterocycles. The standard InChI is InChI=1S/C84H155NO10/c1-3-5-7-9-11-13-15-16-17-18-43-46-49-52-56-60-64-68-72-80(89)93-73-69-65-61-57-53-50-47-44-41-39-37-35-33-31-29-27-25-23-21-19-20-22-24-26-28-30-32-34-36-38-40-42-45-48-51-55-59-63-67-71-79(88)85-76(75-94-84-83(92)82(91)81(90)78(74-86)95-84)77(87)70-66-62-58-54-14-12-10-8-6-4-2/h13,15,17-20,23,25,66,70,76-78,81-84,86-87,90-92H,3-12,14,16,21-22,24,26-65,67-69,71-75H2,1-2H3,(H,85,88)/b15-13-,18-17-,20-19-,25-23-,70-66+. The number of ether oxygens (including phenoxy) is 3. The highest BCUT2D eigenvalue weighted by Crippen LogP contribution is 2.24. The van der Waals surface area contributed by atoms with E-state index in [-0.39, 0.29) is 18.5 Å². The number of nitrogens with one attached hydrogen (secondary N) is 1. The van der Waals surface area contributed by atoms with Crippen molar-refractivity contribution in [3.63, 3.8) is 0 Å². The minimum Gasteiger partial charge on any atom is -0.466 e. The van der Waals surface area contributed by atoms with Crippen LogP contribution in [0.15, 0.2) is 60.8 Å². The largest absolute Gasteiger partial charge is 0.466 e. The summed E-state index contributed by atoms with van der Waals surface area (Å²) in [6.45, 7) is 4.35. The molecule has 0 radical (unpaired) electrons. The maximum absolute atomic E-state index is 13.0. The molecule has 1 fully saturated rings. The molecule has 6 N–H and O–H groups in total. The van der Waals surface area contributed by atoms with E-state index >= 15 is 0 Å². The number of carbonyl (C=O) groups excluding carboxylic acids is 2. The predicted octanol–water partition coefficient (Wildman–Crippen LogP) is 22.4. The van der Waals surface area contributed by atoms with Crippen molar-refractivity contribution in [2.75, 3.05) is 19.8 Å². The number of rotatable bonds is 73. The maximum Gasteiger partial charge on any atom is 0.305 e. The highest BCUT2D eigenvalue weighted by molar-refractivity contribution is 5.76. The third-order valence-electron chi connectivity index (χ3n) is 19.3. The van der Waals surface area contributed by atoms with E-state index in [0.29, 0.717) is 19.4 Å². The van der Waals surface area contributed by atoms with Crippen LogP contribution >= 0.6 is 0 Å². The van der Waals surface area contributed by atoms with Crippen LogP contribution in [0.25, 0.3) is 0 Å². The SMILES string of the molecule is CCCCCC/C=C\C/C=C\CCCCCCCCCC(=O)OCCCCCCCCCCCCCCCCC/C=C\C/C=C\CCCCCCCCCCCCCCCCCCCC(=O)NC(COC1OC(CO)C(O)C(O)C1O)C(O)/C=C/CCCCCCCCCC. The molecule has 7 atom stereocenters. The van der Waals surface area contributed by atoms with Crippen LogP contribution in [0.2, 0.25) is 0 Å². The summed E-state index contributed by atoms with van der Waals surface area (Å²) >= 11 is 0. The highest BCUT2D eigenvalue weighted by Gasteiger charge is 2.44. The molecule has 95 heavy (non-hydrogen) atoms. The van der Waals surface area contributed by atoms with E-state index in [2.05, 4.69) is 67.8 Å². The zero-order chi connectivity index (χ0) is 68.6. The van der Waals surface area contributed by atoms with E-state index in [1.165, 1.54) is 302 Å². The summed E-state index contributed by atoms with van der Waals surface area (Å²) in [4.78, 5) is 25.2. The van der Waals surface area contributed by atoms with Crippen molar-refractivity contribution >= 4 is 11.9 Å². The smallest absolute Gasteiger partial charge is 0.305 e. The Bertz CT molecular complexity index is 1770. The topological polar surface area (TPSA) is 175 Å². The summed E-state index contributed by atoms with van der Waals surface area (Å²) in [5, 5.41) is 54.4. The first-order valence-electron chi connectivity index (χ1n) is 41.1. The fourth-order valence-electron chi connectivity index (χ4n) is 12.9. The van der Waals surface area contributed by atoms with E-state index in [1.54, 1.807) is 6.08 Å². The van der Waals surface area contributed by atoms with Gasteiger partial charge in [-0.25, -0.2) is 0 Å². The lowest BCUT2D eigenvalue weighted by Gasteiger charge is -2.40. The average molecular weight is 1340 g/mol. The molecule has 1 amide bonds. The number of allylic oxidation sites excluding steroid dienone is 9. The van der Waals surface area contributed by atoms with E-state index in [9.17, 15) is 35.1 Å². The van der Waals surface area contributed by atoms with Gasteiger partial charge in [-0.3, -0.25) is 9.59 Å². The van der Waals surface area contributed by atoms with Gasteiger partial charge in [-0.05, 0) is 96.3 Å². The van der Waals surface area contributed by atoms with Crippen LogP contribution in [0.4, 0.5) is 0 Å². The van der Waals surface area contributed by atoms with Gasteiger partial charge >= 0.3 is 5.97 Å². The molecule has 1 saturated heterocycles. The number of unbranched alkanes of at least 4 members (excludes halogenated alkanes) is 51. The van der Waals surface area contributed by atoms with Crippen molar-refractivity contribution in [1.82, 2.24) is 5.32 Å². The van der Waals surface area contributed by atoms with Crippen molar-refractivity contribution in [1.29, 1.82) is 0 Å². The monoisotopic (exact) mass is 1340 g/mol. The number of amides is 1. The van der Waals surface area contributed by atoms with Crippen molar-refractivity contribution in [3.05, 3.63) is 60.8 Å². The van der Waals surface area contributed by atoms with Crippen molar-refractivity contribution in [2.24, 2.45) is 0 Å². The molecular formula is C84H155NO10. The first kappa shape index (κ1) is 90.4. The molecule has 11 nitrogen and oxygen atoms in total. The van der Waals surface area contributed by atoms with E-state index in [1.807, 2.05) is 6.08 Å². The van der Waals surface area contributed by atoms with Gasteiger partial charge in [0.15, 0.2) is 6.29 Å². The summed E-state index contributed by atoms with van der Waals surface area (Å²) in [7, 11) is 0. The molecule has 1 aliphatic rings. The normalized spacial score (nSPS) is 17.7. The number of esters is 1. The van der Waals surface area contributed by atoms with Gasteiger partial charge in [0, 0.05) is 12.8 Å². The van der Waals surface area contributed by atoms with Crippen LogP contribution in [0.5, 0.6) is 0 Å². The van der Waals surface area contributed by atoms with E-state index < -0.39 is 49.5 Å². The third kappa shape index (κ3) is 61.0. The second-order valence-corrected chi connectivity index (χ2v) is 28.5. The second kappa shape index (κ2) is 72.6. The lowest BCUT2D eigenvalue weighted by atomic mass is 9.99. The minimum atomic E-state index is -1.57. The number of aliphatic hydroxyl groups is 5. The maximum atomic E-state index is 13.0. The van der Waals surface area contributed by atoms with Crippen LogP contribution in [0.1, 0.15) is 399 Å². The lowest BCUT2D eigenvalue weighted by molar-refractivity contribution is -0.302. The fourth-order valence-corrected chi connectivity index (χ4v) is 12.9. The fraction of sp³-hybridized carbons (Fsp3) is 0.857. The van der Waals surface area contributed by atoms with E-state index in [4.69, 9.17) is 14.2 Å².